The fraction of sp³-hybridized carbons (Fsp3) is 0.667. The van der Waals surface area contributed by atoms with Crippen LogP contribution >= 0.6 is 11.6 Å². The van der Waals surface area contributed by atoms with E-state index in [4.69, 9.17) is 11.6 Å². The minimum Gasteiger partial charge on any atom is -0.353 e. The van der Waals surface area contributed by atoms with Crippen LogP contribution in [0.1, 0.15) is 19.5 Å². The van der Waals surface area contributed by atoms with Gasteiger partial charge in [0.2, 0.25) is 5.28 Å². The number of hydrogen-bond donors (Lipinski definition) is 0. The number of hydrogen-bond acceptors (Lipinski definition) is 4. The van der Waals surface area contributed by atoms with Gasteiger partial charge in [-0.1, -0.05) is 0 Å². The molecular weight excluding hydrogens is 293 g/mol. The zero-order valence-corrected chi connectivity index (χ0v) is 12.6. The van der Waals surface area contributed by atoms with Crippen molar-refractivity contribution in [2.45, 2.75) is 26.1 Å². The van der Waals surface area contributed by atoms with Gasteiger partial charge in [-0.05, 0) is 39.5 Å². The molecule has 0 fully saturated rings. The number of rotatable bonds is 5. The summed E-state index contributed by atoms with van der Waals surface area (Å²) in [5, 5.41) is -0.398. The van der Waals surface area contributed by atoms with Gasteiger partial charge in [-0.25, -0.2) is 9.97 Å². The van der Waals surface area contributed by atoms with E-state index in [1.807, 2.05) is 32.8 Å². The summed E-state index contributed by atoms with van der Waals surface area (Å²) in [6.07, 6.45) is -4.54. The molecule has 0 radical (unpaired) electrons. The number of nitrogens with zero attached hydrogens (tertiary/aromatic N) is 4. The lowest BCUT2D eigenvalue weighted by Crippen LogP contribution is -2.40. The minimum absolute atomic E-state index is 0.00190. The largest absolute Gasteiger partial charge is 0.433 e. The molecule has 20 heavy (non-hydrogen) atoms. The highest BCUT2D eigenvalue weighted by Crippen LogP contribution is 2.30. The molecule has 114 valence electrons. The van der Waals surface area contributed by atoms with Gasteiger partial charge in [0, 0.05) is 25.2 Å². The second-order valence-electron chi connectivity index (χ2n) is 4.78. The highest BCUT2D eigenvalue weighted by Gasteiger charge is 2.34. The summed E-state index contributed by atoms with van der Waals surface area (Å²) in [4.78, 5) is 10.9. The highest BCUT2D eigenvalue weighted by atomic mass is 35.5. The van der Waals surface area contributed by atoms with Crippen LogP contribution in [0.15, 0.2) is 6.07 Å². The molecule has 0 saturated carbocycles. The lowest BCUT2D eigenvalue weighted by atomic mass is 10.2. The molecule has 1 atom stereocenters. The first-order valence-electron chi connectivity index (χ1n) is 6.18. The Kier molecular flexibility index (Phi) is 5.59. The number of halogens is 4. The summed E-state index contributed by atoms with van der Waals surface area (Å²) in [6, 6.07) is 0.934. The Morgan fingerprint density at radius 1 is 1.30 bits per heavy atom. The smallest absolute Gasteiger partial charge is 0.353 e. The maximum Gasteiger partial charge on any atom is 0.433 e. The Morgan fingerprint density at radius 2 is 1.90 bits per heavy atom. The van der Waals surface area contributed by atoms with Crippen molar-refractivity contribution in [1.82, 2.24) is 14.9 Å². The van der Waals surface area contributed by atoms with Crippen LogP contribution in [-0.4, -0.2) is 48.1 Å². The van der Waals surface area contributed by atoms with Gasteiger partial charge in [0.15, 0.2) is 5.69 Å². The highest BCUT2D eigenvalue weighted by molar-refractivity contribution is 6.28. The Morgan fingerprint density at radius 3 is 2.35 bits per heavy atom. The Bertz CT molecular complexity index is 451. The first-order chi connectivity index (χ1) is 9.15. The summed E-state index contributed by atoms with van der Waals surface area (Å²) in [5.74, 6) is 0.189. The average molecular weight is 311 g/mol. The topological polar surface area (TPSA) is 32.3 Å². The number of alkyl halides is 3. The van der Waals surface area contributed by atoms with Crippen LogP contribution in [0.3, 0.4) is 0 Å². The van der Waals surface area contributed by atoms with Gasteiger partial charge in [0.05, 0.1) is 0 Å². The molecule has 0 aromatic carbocycles. The van der Waals surface area contributed by atoms with Crippen LogP contribution in [0.5, 0.6) is 0 Å². The van der Waals surface area contributed by atoms with E-state index in [2.05, 4.69) is 9.97 Å². The molecule has 1 rings (SSSR count). The lowest BCUT2D eigenvalue weighted by Gasteiger charge is -2.31. The maximum absolute atomic E-state index is 12.8. The lowest BCUT2D eigenvalue weighted by molar-refractivity contribution is -0.141. The average Bonchev–Trinajstić information content (AvgIpc) is 2.26. The molecule has 0 bridgehead atoms. The predicted molar refractivity (Wildman–Crippen MR) is 73.1 cm³/mol. The van der Waals surface area contributed by atoms with E-state index in [0.29, 0.717) is 13.1 Å². The molecule has 1 aromatic rings. The van der Waals surface area contributed by atoms with Crippen LogP contribution in [0.4, 0.5) is 19.0 Å². The fourth-order valence-corrected chi connectivity index (χ4v) is 2.20. The summed E-state index contributed by atoms with van der Waals surface area (Å²) in [6.45, 7) is 5.00. The number of aromatic nitrogens is 2. The predicted octanol–water partition coefficient (Wildman–Crippen LogP) is 2.93. The van der Waals surface area contributed by atoms with E-state index in [0.717, 1.165) is 6.07 Å². The van der Waals surface area contributed by atoms with Gasteiger partial charge >= 0.3 is 6.18 Å². The van der Waals surface area contributed by atoms with Crippen LogP contribution in [-0.2, 0) is 6.18 Å². The summed E-state index contributed by atoms with van der Waals surface area (Å²) in [7, 11) is 3.80. The van der Waals surface area contributed by atoms with Gasteiger partial charge in [-0.15, -0.1) is 0 Å². The van der Waals surface area contributed by atoms with Crippen molar-refractivity contribution in [1.29, 1.82) is 0 Å². The third-order valence-corrected chi connectivity index (χ3v) is 2.94. The van der Waals surface area contributed by atoms with Crippen LogP contribution in [0.2, 0.25) is 5.28 Å². The van der Waals surface area contributed by atoms with Crippen molar-refractivity contribution in [3.05, 3.63) is 17.0 Å². The van der Waals surface area contributed by atoms with Gasteiger partial charge in [0.1, 0.15) is 5.82 Å². The molecule has 0 saturated heterocycles. The molecule has 0 aliphatic carbocycles. The number of anilines is 1. The third kappa shape index (κ3) is 4.49. The van der Waals surface area contributed by atoms with Gasteiger partial charge in [0.25, 0.3) is 0 Å². The summed E-state index contributed by atoms with van der Waals surface area (Å²) < 4.78 is 38.3. The van der Waals surface area contributed by atoms with E-state index < -0.39 is 17.2 Å². The zero-order chi connectivity index (χ0) is 15.5. The van der Waals surface area contributed by atoms with Crippen LogP contribution < -0.4 is 4.90 Å². The van der Waals surface area contributed by atoms with E-state index in [-0.39, 0.29) is 11.9 Å². The van der Waals surface area contributed by atoms with Crippen molar-refractivity contribution in [3.63, 3.8) is 0 Å². The third-order valence-electron chi connectivity index (χ3n) is 2.77. The van der Waals surface area contributed by atoms with Crippen molar-refractivity contribution < 1.29 is 13.2 Å². The second-order valence-corrected chi connectivity index (χ2v) is 5.11. The second kappa shape index (κ2) is 6.58. The van der Waals surface area contributed by atoms with Crippen molar-refractivity contribution in [3.8, 4) is 0 Å². The molecule has 1 aromatic heterocycles. The molecule has 0 aliphatic heterocycles. The van der Waals surface area contributed by atoms with Gasteiger partial charge in [-0.2, -0.15) is 13.2 Å². The Balaban J connectivity index is 3.12. The van der Waals surface area contributed by atoms with Crippen molar-refractivity contribution >= 4 is 17.4 Å². The first kappa shape index (κ1) is 17.0. The Labute approximate surface area is 121 Å². The van der Waals surface area contributed by atoms with E-state index in [1.54, 1.807) is 4.90 Å². The Hall–Kier alpha value is -1.08. The monoisotopic (exact) mass is 310 g/mol. The molecule has 0 amide bonds. The quantitative estimate of drug-likeness (QED) is 0.783. The van der Waals surface area contributed by atoms with E-state index in [9.17, 15) is 13.2 Å². The normalized spacial score (nSPS) is 13.7. The van der Waals surface area contributed by atoms with E-state index >= 15 is 0 Å². The zero-order valence-electron chi connectivity index (χ0n) is 11.9. The van der Waals surface area contributed by atoms with Crippen LogP contribution in [0.25, 0.3) is 0 Å². The first-order valence-corrected chi connectivity index (χ1v) is 6.56. The van der Waals surface area contributed by atoms with E-state index in [1.165, 1.54) is 0 Å². The van der Waals surface area contributed by atoms with Gasteiger partial charge in [-0.3, -0.25) is 0 Å². The molecule has 0 aliphatic rings. The summed E-state index contributed by atoms with van der Waals surface area (Å²) in [5.41, 5.74) is -1.02. The standard InChI is InChI=1S/C12H18ClF3N4/c1-5-20(8(2)7-19(3)4)10-6-9(12(14,15)16)17-11(13)18-10/h6,8H,5,7H2,1-4H3. The number of likely N-dealkylation sites (N-methyl/N-ethyl adjacent to an activating group) is 2. The molecule has 1 unspecified atom stereocenters. The van der Waals surface area contributed by atoms with Gasteiger partial charge < -0.3 is 9.80 Å². The summed E-state index contributed by atoms with van der Waals surface area (Å²) >= 11 is 5.61. The van der Waals surface area contributed by atoms with Crippen molar-refractivity contribution in [2.24, 2.45) is 0 Å². The fourth-order valence-electron chi connectivity index (χ4n) is 2.02. The minimum atomic E-state index is -4.54. The molecule has 8 heteroatoms. The van der Waals surface area contributed by atoms with Crippen LogP contribution in [0, 0.1) is 0 Å². The van der Waals surface area contributed by atoms with Crippen molar-refractivity contribution in [2.75, 3.05) is 32.1 Å². The molecule has 0 N–H and O–H groups in total. The maximum atomic E-state index is 12.8. The molecule has 1 heterocycles. The SMILES string of the molecule is CCN(c1cc(C(F)(F)F)nc(Cl)n1)C(C)CN(C)C. The molecule has 0 spiro atoms. The molecular formula is C12H18ClF3N4. The molecule has 4 nitrogen and oxygen atoms in total.